The van der Waals surface area contributed by atoms with E-state index < -0.39 is 94.4 Å². The van der Waals surface area contributed by atoms with Crippen molar-refractivity contribution in [2.24, 2.45) is 16.7 Å². The molecule has 3 fully saturated rings. The minimum Gasteiger partial charge on any atom is -0.458 e. The van der Waals surface area contributed by atoms with Gasteiger partial charge in [0, 0.05) is 32.1 Å². The van der Waals surface area contributed by atoms with Crippen LogP contribution in [0.3, 0.4) is 0 Å². The molecule has 13 nitrogen and oxygen atoms in total. The molecule has 3 aliphatic carbocycles. The summed E-state index contributed by atoms with van der Waals surface area (Å²) in [6.45, 7) is 8.50. The monoisotopic (exact) mass is 796 g/mol. The molecule has 3 aromatic carbocycles. The smallest absolute Gasteiger partial charge is 0.338 e. The van der Waals surface area contributed by atoms with E-state index in [4.69, 9.17) is 28.4 Å². The number of carbonyl (C=O) groups excluding carboxylic acids is 5. The molecule has 4 aliphatic rings. The van der Waals surface area contributed by atoms with Crippen molar-refractivity contribution in [2.45, 2.75) is 102 Å². The zero-order valence-electron chi connectivity index (χ0n) is 33.2. The molecule has 7 rings (SSSR count). The lowest BCUT2D eigenvalue weighted by atomic mass is 9.49. The summed E-state index contributed by atoms with van der Waals surface area (Å²) in [7, 11) is 0. The van der Waals surface area contributed by atoms with Crippen molar-refractivity contribution < 1.29 is 62.6 Å². The number of benzene rings is 3. The van der Waals surface area contributed by atoms with Crippen LogP contribution in [0, 0.1) is 16.7 Å². The minimum atomic E-state index is -1.93. The summed E-state index contributed by atoms with van der Waals surface area (Å²) in [6, 6.07) is 24.3. The highest BCUT2D eigenvalue weighted by molar-refractivity contribution is 5.91. The molecule has 58 heavy (non-hydrogen) atoms. The van der Waals surface area contributed by atoms with Gasteiger partial charge in [0.05, 0.1) is 46.3 Å². The van der Waals surface area contributed by atoms with Gasteiger partial charge in [0.15, 0.2) is 17.8 Å². The van der Waals surface area contributed by atoms with Crippen LogP contribution in [0.15, 0.2) is 102 Å². The van der Waals surface area contributed by atoms with E-state index in [0.717, 1.165) is 0 Å². The van der Waals surface area contributed by atoms with E-state index in [1.165, 1.54) is 27.7 Å². The summed E-state index contributed by atoms with van der Waals surface area (Å²) in [4.78, 5) is 69.3. The molecule has 0 radical (unpaired) electrons. The molecule has 1 heterocycles. The Morgan fingerprint density at radius 3 is 1.64 bits per heavy atom. The summed E-state index contributed by atoms with van der Waals surface area (Å²) in [5.74, 6) is -5.19. The molecule has 2 saturated carbocycles. The fourth-order valence-corrected chi connectivity index (χ4v) is 10.1. The third kappa shape index (κ3) is 6.58. The van der Waals surface area contributed by atoms with Gasteiger partial charge >= 0.3 is 29.8 Å². The predicted octanol–water partition coefficient (Wildman–Crippen LogP) is 5.17. The van der Waals surface area contributed by atoms with Crippen LogP contribution >= 0.6 is 0 Å². The Morgan fingerprint density at radius 2 is 1.21 bits per heavy atom. The van der Waals surface area contributed by atoms with Gasteiger partial charge in [-0.05, 0) is 68.3 Å². The maximum absolute atomic E-state index is 14.5. The van der Waals surface area contributed by atoms with E-state index in [0.29, 0.717) is 5.57 Å². The molecule has 2 unspecified atom stereocenters. The molecule has 1 aliphatic heterocycles. The molecule has 13 heteroatoms. The molecule has 306 valence electrons. The zero-order chi connectivity index (χ0) is 41.8. The molecule has 0 amide bonds. The van der Waals surface area contributed by atoms with Crippen LogP contribution in [0.4, 0.5) is 0 Å². The first-order valence-electron chi connectivity index (χ1n) is 19.3. The van der Waals surface area contributed by atoms with Crippen molar-refractivity contribution >= 4 is 29.8 Å². The zero-order valence-corrected chi connectivity index (χ0v) is 33.2. The van der Waals surface area contributed by atoms with Crippen LogP contribution in [0.5, 0.6) is 0 Å². The molecule has 10 atom stereocenters. The van der Waals surface area contributed by atoms with Crippen LogP contribution in [-0.4, -0.2) is 94.5 Å². The van der Waals surface area contributed by atoms with Crippen LogP contribution in [0.2, 0.25) is 0 Å². The second-order valence-corrected chi connectivity index (χ2v) is 16.4. The van der Waals surface area contributed by atoms with E-state index in [-0.39, 0.29) is 41.7 Å². The minimum absolute atomic E-state index is 0.123. The molecule has 0 spiro atoms. The third-order valence-electron chi connectivity index (χ3n) is 12.7. The summed E-state index contributed by atoms with van der Waals surface area (Å²) in [6.07, 6.45) is -8.60. The maximum atomic E-state index is 14.5. The topological polar surface area (TPSA) is 181 Å². The molecule has 1 saturated heterocycles. The number of aliphatic hydroxyl groups excluding tert-OH is 1. The van der Waals surface area contributed by atoms with Crippen molar-refractivity contribution in [3.63, 3.8) is 0 Å². The lowest BCUT2D eigenvalue weighted by molar-refractivity contribution is -0.350. The second-order valence-electron chi connectivity index (χ2n) is 16.4. The van der Waals surface area contributed by atoms with Gasteiger partial charge < -0.3 is 38.6 Å². The number of carbonyl (C=O) groups is 5. The van der Waals surface area contributed by atoms with Crippen LogP contribution in [-0.2, 0) is 38.0 Å². The van der Waals surface area contributed by atoms with Crippen molar-refractivity contribution in [3.05, 3.63) is 119 Å². The number of fused-ring (bicyclic) bond motifs is 4. The average Bonchev–Trinajstić information content (AvgIpc) is 3.44. The highest BCUT2D eigenvalue weighted by atomic mass is 16.6. The normalized spacial score (nSPS) is 32.5. The molecule has 0 bridgehead atoms. The Hall–Kier alpha value is -5.37. The first-order valence-corrected chi connectivity index (χ1v) is 19.3. The number of ether oxygens (including phenoxy) is 6. The van der Waals surface area contributed by atoms with Crippen molar-refractivity contribution in [3.8, 4) is 0 Å². The number of aliphatic hydroxyl groups is 2. The first kappa shape index (κ1) is 40.8. The molecule has 2 N–H and O–H groups in total. The SMILES string of the molecule is CC(=O)O[C@H]1C[C@]2(C(C)(C)O)C(=C1C)C(OC(=O)c1ccccc1)[C@H](OC(=O)c1ccccc1)[C@]1(C)C([C@@H]2OC(=O)c2ccccc2)[C@]2(OC(C)=O)CO[C@H]2C[C@@H]1O. The lowest BCUT2D eigenvalue weighted by Gasteiger charge is -2.65. The van der Waals surface area contributed by atoms with Crippen LogP contribution in [0.25, 0.3) is 0 Å². The lowest BCUT2D eigenvalue weighted by Crippen LogP contribution is -2.79. The molecule has 0 aromatic heterocycles. The number of rotatable bonds is 9. The fraction of sp³-hybridized carbons (Fsp3) is 0.444. The van der Waals surface area contributed by atoms with E-state index in [9.17, 15) is 34.2 Å². The number of esters is 5. The average molecular weight is 797 g/mol. The summed E-state index contributed by atoms with van der Waals surface area (Å²) in [5, 5.41) is 25.4. The van der Waals surface area contributed by atoms with Gasteiger partial charge in [-0.3, -0.25) is 9.59 Å². The van der Waals surface area contributed by atoms with Crippen molar-refractivity contribution in [1.29, 1.82) is 0 Å². The highest BCUT2D eigenvalue weighted by Gasteiger charge is 2.80. The maximum Gasteiger partial charge on any atom is 0.338 e. The van der Waals surface area contributed by atoms with E-state index in [2.05, 4.69) is 0 Å². The van der Waals surface area contributed by atoms with Gasteiger partial charge in [-0.1, -0.05) is 61.5 Å². The largest absolute Gasteiger partial charge is 0.458 e. The van der Waals surface area contributed by atoms with E-state index in [1.54, 1.807) is 105 Å². The standard InChI is InChI=1S/C45H48O13/c1-25-31(54-26(2)46)23-44(42(4,5)52)34(25)35(55-39(49)28-16-10-7-11-17-28)37(56-40(50)29-18-12-8-13-19-29)43(6)32(48)22-33-45(24-53-33,58-27(3)47)36(43)38(44)57-41(51)30-20-14-9-15-21-30/h7-21,31-33,35-38,48,52H,22-24H2,1-6H3/t31-,32-,33-,35?,36?,37-,38-,43-,44-,45-/m0/s1. The molecule has 3 aromatic rings. The number of hydrogen-bond donors (Lipinski definition) is 2. The predicted molar refractivity (Wildman–Crippen MR) is 205 cm³/mol. The van der Waals surface area contributed by atoms with Gasteiger partial charge in [0.2, 0.25) is 0 Å². The quantitative estimate of drug-likeness (QED) is 0.165. The third-order valence-corrected chi connectivity index (χ3v) is 12.7. The Balaban J connectivity index is 1.59. The summed E-state index contributed by atoms with van der Waals surface area (Å²) >= 11 is 0. The Morgan fingerprint density at radius 1 is 0.724 bits per heavy atom. The Labute approximate surface area is 336 Å². The van der Waals surface area contributed by atoms with Gasteiger partial charge in [-0.15, -0.1) is 0 Å². The van der Waals surface area contributed by atoms with Crippen molar-refractivity contribution in [1.82, 2.24) is 0 Å². The summed E-state index contributed by atoms with van der Waals surface area (Å²) in [5.41, 5.74) is -6.30. The van der Waals surface area contributed by atoms with Crippen LogP contribution < -0.4 is 0 Å². The van der Waals surface area contributed by atoms with Crippen LogP contribution in [0.1, 0.15) is 85.5 Å². The van der Waals surface area contributed by atoms with Gasteiger partial charge in [-0.2, -0.15) is 0 Å². The first-order chi connectivity index (χ1) is 27.5. The highest BCUT2D eigenvalue weighted by Crippen LogP contribution is 2.69. The van der Waals surface area contributed by atoms with E-state index >= 15 is 0 Å². The Kier molecular flexibility index (Phi) is 10.6. The number of hydrogen-bond acceptors (Lipinski definition) is 13. The second kappa shape index (κ2) is 15.1. The van der Waals surface area contributed by atoms with Gasteiger partial charge in [0.1, 0.15) is 18.3 Å². The Bertz CT molecular complexity index is 2110. The van der Waals surface area contributed by atoms with Crippen molar-refractivity contribution in [2.75, 3.05) is 6.61 Å². The van der Waals surface area contributed by atoms with E-state index in [1.807, 2.05) is 0 Å². The van der Waals surface area contributed by atoms with Gasteiger partial charge in [-0.25, -0.2) is 14.4 Å². The molecular weight excluding hydrogens is 748 g/mol. The summed E-state index contributed by atoms with van der Waals surface area (Å²) < 4.78 is 38.0. The van der Waals surface area contributed by atoms with Gasteiger partial charge in [0.25, 0.3) is 0 Å². The fourth-order valence-electron chi connectivity index (χ4n) is 10.1. The molecular formula is C45H48O13.